The van der Waals surface area contributed by atoms with Crippen LogP contribution in [0.15, 0.2) is 12.1 Å². The third-order valence-electron chi connectivity index (χ3n) is 3.22. The molecule has 0 aliphatic heterocycles. The van der Waals surface area contributed by atoms with Crippen LogP contribution >= 0.6 is 0 Å². The van der Waals surface area contributed by atoms with E-state index in [0.717, 1.165) is 0 Å². The maximum atomic E-state index is 5.97. The van der Waals surface area contributed by atoms with Gasteiger partial charge in [-0.15, -0.1) is 0 Å². The lowest BCUT2D eigenvalue weighted by Crippen LogP contribution is -2.09. The van der Waals surface area contributed by atoms with Gasteiger partial charge in [0.2, 0.25) is 0 Å². The first kappa shape index (κ1) is 13.3. The third kappa shape index (κ3) is 1.70. The molecule has 0 bridgehead atoms. The second-order valence-electron chi connectivity index (χ2n) is 4.51. The summed E-state index contributed by atoms with van der Waals surface area (Å²) in [4.78, 5) is 0. The van der Waals surface area contributed by atoms with E-state index >= 15 is 0 Å². The number of nitrogens with two attached hydrogens (primary N) is 8. The maximum Gasteiger partial charge on any atom is 0.0809 e. The van der Waals surface area contributed by atoms with Crippen molar-refractivity contribution in [2.45, 2.75) is 0 Å². The molecule has 0 unspecified atom stereocenters. The number of benzene rings is 2. The molecule has 20 heavy (non-hydrogen) atoms. The summed E-state index contributed by atoms with van der Waals surface area (Å²) in [6, 6.07) is 3.06. The molecule has 0 aliphatic rings. The minimum Gasteiger partial charge on any atom is -0.398 e. The Bertz CT molecular complexity index is 708. The fourth-order valence-corrected chi connectivity index (χ4v) is 2.03. The Kier molecular flexibility index (Phi) is 2.78. The van der Waals surface area contributed by atoms with E-state index in [9.17, 15) is 0 Å². The molecule has 2 aromatic carbocycles. The van der Waals surface area contributed by atoms with Crippen LogP contribution in [0.3, 0.4) is 0 Å². The maximum absolute atomic E-state index is 5.97. The van der Waals surface area contributed by atoms with Crippen molar-refractivity contribution >= 4 is 45.5 Å². The number of rotatable bonds is 1. The molecular formula is C12H18N8. The largest absolute Gasteiger partial charge is 0.398 e. The summed E-state index contributed by atoms with van der Waals surface area (Å²) in [6.07, 6.45) is 0. The molecule has 0 radical (unpaired) electrons. The average Bonchev–Trinajstić information content (AvgIpc) is 2.39. The van der Waals surface area contributed by atoms with Crippen molar-refractivity contribution in [2.24, 2.45) is 0 Å². The van der Waals surface area contributed by atoms with Crippen molar-refractivity contribution in [3.63, 3.8) is 0 Å². The van der Waals surface area contributed by atoms with Crippen LogP contribution in [0.1, 0.15) is 0 Å². The van der Waals surface area contributed by atoms with Crippen molar-refractivity contribution in [1.29, 1.82) is 0 Å². The van der Waals surface area contributed by atoms with E-state index in [-0.39, 0.29) is 34.1 Å². The minimum atomic E-state index is 0.175. The summed E-state index contributed by atoms with van der Waals surface area (Å²) in [7, 11) is 0. The average molecular weight is 274 g/mol. The molecule has 0 fully saturated rings. The zero-order chi connectivity index (χ0) is 15.2. The van der Waals surface area contributed by atoms with Crippen molar-refractivity contribution in [1.82, 2.24) is 0 Å². The second kappa shape index (κ2) is 4.19. The smallest absolute Gasteiger partial charge is 0.0809 e. The minimum absolute atomic E-state index is 0.175. The van der Waals surface area contributed by atoms with Crippen LogP contribution in [0.2, 0.25) is 0 Å². The van der Waals surface area contributed by atoms with Gasteiger partial charge in [0.1, 0.15) is 0 Å². The third-order valence-corrected chi connectivity index (χ3v) is 3.22. The Morgan fingerprint density at radius 3 is 1.55 bits per heavy atom. The SMILES string of the molecule is Nc1cc(-c2c(N)cc(N)c(N)c2N)c(N)c(N)c1N. The zero-order valence-corrected chi connectivity index (χ0v) is 10.8. The summed E-state index contributed by atoms with van der Waals surface area (Å²) in [6.45, 7) is 0. The van der Waals surface area contributed by atoms with Gasteiger partial charge in [0.15, 0.2) is 0 Å². The Morgan fingerprint density at radius 2 is 0.950 bits per heavy atom. The second-order valence-corrected chi connectivity index (χ2v) is 4.51. The van der Waals surface area contributed by atoms with Crippen LogP contribution in [-0.4, -0.2) is 0 Å². The summed E-state index contributed by atoms with van der Waals surface area (Å²) in [5.74, 6) is 0. The molecule has 8 nitrogen and oxygen atoms in total. The van der Waals surface area contributed by atoms with E-state index in [0.29, 0.717) is 22.5 Å². The van der Waals surface area contributed by atoms with Gasteiger partial charge in [-0.2, -0.15) is 0 Å². The first-order valence-corrected chi connectivity index (χ1v) is 5.71. The van der Waals surface area contributed by atoms with Crippen molar-refractivity contribution in [3.8, 4) is 11.1 Å². The molecule has 0 heterocycles. The number of hydrogen-bond donors (Lipinski definition) is 8. The van der Waals surface area contributed by atoms with Crippen LogP contribution in [0.25, 0.3) is 11.1 Å². The van der Waals surface area contributed by atoms with E-state index in [1.807, 2.05) is 0 Å². The van der Waals surface area contributed by atoms with Gasteiger partial charge in [-0.25, -0.2) is 0 Å². The lowest BCUT2D eigenvalue weighted by molar-refractivity contribution is 1.57. The molecule has 0 spiro atoms. The van der Waals surface area contributed by atoms with Gasteiger partial charge in [0.25, 0.3) is 0 Å². The van der Waals surface area contributed by atoms with Crippen molar-refractivity contribution in [3.05, 3.63) is 12.1 Å². The molecule has 0 aromatic heterocycles. The van der Waals surface area contributed by atoms with Crippen LogP contribution in [0.5, 0.6) is 0 Å². The van der Waals surface area contributed by atoms with Crippen LogP contribution in [0.4, 0.5) is 45.5 Å². The molecule has 16 N–H and O–H groups in total. The standard InChI is InChI=1S/C12H18N8/c13-4-2-6(15)9(17)11(19)7(4)3-1-5(14)10(18)12(20)8(3)16/h1-2H,13-20H2. The molecule has 106 valence electrons. The zero-order valence-electron chi connectivity index (χ0n) is 10.8. The van der Waals surface area contributed by atoms with Gasteiger partial charge in [0.05, 0.1) is 39.8 Å². The quantitative estimate of drug-likeness (QED) is 0.331. The molecule has 0 atom stereocenters. The lowest BCUT2D eigenvalue weighted by atomic mass is 9.96. The topological polar surface area (TPSA) is 208 Å². The van der Waals surface area contributed by atoms with Gasteiger partial charge in [-0.1, -0.05) is 0 Å². The summed E-state index contributed by atoms with van der Waals surface area (Å²) in [5.41, 5.74) is 49.6. The Hall–Kier alpha value is -3.16. The predicted molar refractivity (Wildman–Crippen MR) is 87.2 cm³/mol. The van der Waals surface area contributed by atoms with Gasteiger partial charge < -0.3 is 45.9 Å². The molecule has 2 aromatic rings. The van der Waals surface area contributed by atoms with Crippen LogP contribution < -0.4 is 45.9 Å². The highest BCUT2D eigenvalue weighted by Gasteiger charge is 2.18. The molecule has 2 rings (SSSR count). The Morgan fingerprint density at radius 1 is 0.450 bits per heavy atom. The van der Waals surface area contributed by atoms with E-state index in [2.05, 4.69) is 0 Å². The van der Waals surface area contributed by atoms with E-state index in [4.69, 9.17) is 45.9 Å². The number of anilines is 8. The molecular weight excluding hydrogens is 256 g/mol. The van der Waals surface area contributed by atoms with E-state index in [1.165, 1.54) is 6.07 Å². The molecule has 0 saturated carbocycles. The van der Waals surface area contributed by atoms with Crippen LogP contribution in [0, 0.1) is 0 Å². The first-order valence-electron chi connectivity index (χ1n) is 5.71. The Labute approximate surface area is 115 Å². The normalized spacial score (nSPS) is 10.6. The molecule has 0 saturated heterocycles. The van der Waals surface area contributed by atoms with Crippen molar-refractivity contribution in [2.75, 3.05) is 45.9 Å². The molecule has 8 heteroatoms. The van der Waals surface area contributed by atoms with Gasteiger partial charge in [-0.3, -0.25) is 0 Å². The van der Waals surface area contributed by atoms with Crippen LogP contribution in [-0.2, 0) is 0 Å². The highest BCUT2D eigenvalue weighted by Crippen LogP contribution is 2.45. The summed E-state index contributed by atoms with van der Waals surface area (Å²) >= 11 is 0. The number of hydrogen-bond acceptors (Lipinski definition) is 8. The number of nitrogen functional groups attached to an aromatic ring is 8. The Balaban J connectivity index is 2.86. The lowest BCUT2D eigenvalue weighted by Gasteiger charge is -2.18. The van der Waals surface area contributed by atoms with Gasteiger partial charge in [-0.05, 0) is 12.1 Å². The van der Waals surface area contributed by atoms with Crippen molar-refractivity contribution < 1.29 is 0 Å². The first-order chi connectivity index (χ1) is 9.25. The predicted octanol–water partition coefficient (Wildman–Crippen LogP) is 0.0112. The molecule has 0 aliphatic carbocycles. The fraction of sp³-hybridized carbons (Fsp3) is 0. The fourth-order valence-electron chi connectivity index (χ4n) is 2.03. The van der Waals surface area contributed by atoms with Gasteiger partial charge >= 0.3 is 0 Å². The van der Waals surface area contributed by atoms with E-state index < -0.39 is 0 Å². The van der Waals surface area contributed by atoms with E-state index in [1.54, 1.807) is 6.07 Å². The summed E-state index contributed by atoms with van der Waals surface area (Å²) in [5, 5.41) is 0. The van der Waals surface area contributed by atoms with Gasteiger partial charge in [0, 0.05) is 16.8 Å². The monoisotopic (exact) mass is 274 g/mol. The highest BCUT2D eigenvalue weighted by molar-refractivity contribution is 6.05. The molecule has 0 amide bonds. The highest BCUT2D eigenvalue weighted by atomic mass is 14.8. The summed E-state index contributed by atoms with van der Waals surface area (Å²) < 4.78 is 0.